The lowest BCUT2D eigenvalue weighted by atomic mass is 10.1. The van der Waals surface area contributed by atoms with Gasteiger partial charge in [0.1, 0.15) is 0 Å². The Bertz CT molecular complexity index is 223. The molecule has 0 bridgehead atoms. The van der Waals surface area contributed by atoms with Gasteiger partial charge in [-0.05, 0) is 17.3 Å². The molecule has 2 N–H and O–H groups in total. The second-order valence-electron chi connectivity index (χ2n) is 5.01. The van der Waals surface area contributed by atoms with E-state index < -0.39 is 0 Å². The van der Waals surface area contributed by atoms with Crippen molar-refractivity contribution in [3.8, 4) is 0 Å². The number of amides is 1. The molecule has 2 unspecified atom stereocenters. The normalized spacial score (nSPS) is 35.8. The standard InChI is InChI=1S/C10H18N2O/c1-10(2)7-5-12(6-8(7)10)4-3-9(11)13/h7-8H,3-6H2,1-2H3,(H2,11,13). The van der Waals surface area contributed by atoms with Crippen molar-refractivity contribution in [1.29, 1.82) is 0 Å². The van der Waals surface area contributed by atoms with E-state index in [2.05, 4.69) is 18.7 Å². The van der Waals surface area contributed by atoms with E-state index >= 15 is 0 Å². The smallest absolute Gasteiger partial charge is 0.218 e. The zero-order valence-corrected chi connectivity index (χ0v) is 8.42. The molecule has 0 aromatic carbocycles. The van der Waals surface area contributed by atoms with E-state index in [9.17, 15) is 4.79 Å². The first-order chi connectivity index (χ1) is 6.01. The quantitative estimate of drug-likeness (QED) is 0.689. The Kier molecular flexibility index (Phi) is 1.88. The molecule has 0 aromatic heterocycles. The third-order valence-corrected chi connectivity index (χ3v) is 3.87. The van der Waals surface area contributed by atoms with Crippen molar-refractivity contribution in [3.05, 3.63) is 0 Å². The van der Waals surface area contributed by atoms with E-state index in [-0.39, 0.29) is 5.91 Å². The lowest BCUT2D eigenvalue weighted by molar-refractivity contribution is -0.118. The van der Waals surface area contributed by atoms with Crippen molar-refractivity contribution in [3.63, 3.8) is 0 Å². The third kappa shape index (κ3) is 1.46. The third-order valence-electron chi connectivity index (χ3n) is 3.87. The zero-order chi connectivity index (χ0) is 9.64. The van der Waals surface area contributed by atoms with Gasteiger partial charge in [0.25, 0.3) is 0 Å². The fourth-order valence-corrected chi connectivity index (χ4v) is 2.66. The van der Waals surface area contributed by atoms with Gasteiger partial charge in [0, 0.05) is 26.1 Å². The summed E-state index contributed by atoms with van der Waals surface area (Å²) in [7, 11) is 0. The minimum absolute atomic E-state index is 0.181. The number of carbonyl (C=O) groups excluding carboxylic acids is 1. The highest BCUT2D eigenvalue weighted by molar-refractivity contribution is 5.73. The SMILES string of the molecule is CC1(C)C2CN(CCC(N)=O)CC21. The fraction of sp³-hybridized carbons (Fsp3) is 0.900. The van der Waals surface area contributed by atoms with Crippen LogP contribution in [-0.4, -0.2) is 30.4 Å². The second-order valence-corrected chi connectivity index (χ2v) is 5.01. The molecule has 2 aliphatic rings. The molecule has 1 saturated carbocycles. The number of primary amides is 1. The van der Waals surface area contributed by atoms with Crippen LogP contribution in [0.2, 0.25) is 0 Å². The molecule has 3 heteroatoms. The number of hydrogen-bond acceptors (Lipinski definition) is 2. The molecular formula is C10H18N2O. The Morgan fingerprint density at radius 1 is 1.46 bits per heavy atom. The van der Waals surface area contributed by atoms with Crippen LogP contribution in [0.4, 0.5) is 0 Å². The Hall–Kier alpha value is -0.570. The summed E-state index contributed by atoms with van der Waals surface area (Å²) < 4.78 is 0. The lowest BCUT2D eigenvalue weighted by Gasteiger charge is -2.20. The highest BCUT2D eigenvalue weighted by Crippen LogP contribution is 2.61. The number of fused-ring (bicyclic) bond motifs is 1. The number of nitrogens with zero attached hydrogens (tertiary/aromatic N) is 1. The summed E-state index contributed by atoms with van der Waals surface area (Å²) >= 11 is 0. The molecule has 2 fully saturated rings. The molecule has 2 rings (SSSR count). The van der Waals surface area contributed by atoms with Crippen LogP contribution in [0, 0.1) is 17.3 Å². The van der Waals surface area contributed by atoms with Crippen LogP contribution in [-0.2, 0) is 4.79 Å². The number of carbonyl (C=O) groups is 1. The van der Waals surface area contributed by atoms with Gasteiger partial charge in [0.05, 0.1) is 0 Å². The number of rotatable bonds is 3. The minimum atomic E-state index is -0.181. The van der Waals surface area contributed by atoms with Crippen LogP contribution >= 0.6 is 0 Å². The summed E-state index contributed by atoms with van der Waals surface area (Å²) in [5.74, 6) is 1.57. The largest absolute Gasteiger partial charge is 0.370 e. The molecule has 1 heterocycles. The average molecular weight is 182 g/mol. The summed E-state index contributed by atoms with van der Waals surface area (Å²) in [6, 6.07) is 0. The summed E-state index contributed by atoms with van der Waals surface area (Å²) in [5, 5.41) is 0. The summed E-state index contributed by atoms with van der Waals surface area (Å²) in [6.07, 6.45) is 0.514. The predicted molar refractivity (Wildman–Crippen MR) is 51.0 cm³/mol. The zero-order valence-electron chi connectivity index (χ0n) is 8.42. The van der Waals surface area contributed by atoms with Gasteiger partial charge in [-0.2, -0.15) is 0 Å². The van der Waals surface area contributed by atoms with Crippen LogP contribution in [0.3, 0.4) is 0 Å². The Morgan fingerprint density at radius 2 is 2.00 bits per heavy atom. The van der Waals surface area contributed by atoms with Gasteiger partial charge in [-0.1, -0.05) is 13.8 Å². The van der Waals surface area contributed by atoms with E-state index in [4.69, 9.17) is 5.73 Å². The van der Waals surface area contributed by atoms with Crippen LogP contribution in [0.25, 0.3) is 0 Å². The van der Waals surface area contributed by atoms with Crippen LogP contribution in [0.15, 0.2) is 0 Å². The highest BCUT2D eigenvalue weighted by atomic mass is 16.1. The number of likely N-dealkylation sites (tertiary alicyclic amines) is 1. The Morgan fingerprint density at radius 3 is 2.46 bits per heavy atom. The van der Waals surface area contributed by atoms with Crippen LogP contribution < -0.4 is 5.73 Å². The van der Waals surface area contributed by atoms with E-state index in [0.717, 1.165) is 18.4 Å². The molecule has 2 atom stereocenters. The molecule has 1 aliphatic heterocycles. The van der Waals surface area contributed by atoms with E-state index in [1.54, 1.807) is 0 Å². The first-order valence-electron chi connectivity index (χ1n) is 5.02. The summed E-state index contributed by atoms with van der Waals surface area (Å²) in [4.78, 5) is 12.9. The molecule has 74 valence electrons. The summed E-state index contributed by atoms with van der Waals surface area (Å²) in [6.45, 7) is 7.88. The highest BCUT2D eigenvalue weighted by Gasteiger charge is 2.61. The molecule has 3 nitrogen and oxygen atoms in total. The average Bonchev–Trinajstić information content (AvgIpc) is 2.51. The molecule has 1 amide bonds. The van der Waals surface area contributed by atoms with Gasteiger partial charge in [-0.25, -0.2) is 0 Å². The molecule has 0 aromatic rings. The molecular weight excluding hydrogens is 164 g/mol. The van der Waals surface area contributed by atoms with Crippen molar-refractivity contribution < 1.29 is 4.79 Å². The van der Waals surface area contributed by atoms with Gasteiger partial charge in [-0.3, -0.25) is 4.79 Å². The van der Waals surface area contributed by atoms with Crippen LogP contribution in [0.5, 0.6) is 0 Å². The maximum absolute atomic E-state index is 10.6. The first kappa shape index (κ1) is 9.00. The predicted octanol–water partition coefficient (Wildman–Crippen LogP) is 0.450. The Labute approximate surface area is 79.3 Å². The molecule has 0 spiro atoms. The molecule has 0 radical (unpaired) electrons. The first-order valence-corrected chi connectivity index (χ1v) is 5.02. The van der Waals surface area contributed by atoms with E-state index in [1.165, 1.54) is 13.1 Å². The lowest BCUT2D eigenvalue weighted by Crippen LogP contribution is -2.30. The molecule has 1 aliphatic carbocycles. The molecule has 13 heavy (non-hydrogen) atoms. The topological polar surface area (TPSA) is 46.3 Å². The fourth-order valence-electron chi connectivity index (χ4n) is 2.66. The van der Waals surface area contributed by atoms with Crippen LogP contribution in [0.1, 0.15) is 20.3 Å². The van der Waals surface area contributed by atoms with E-state index in [1.807, 2.05) is 0 Å². The molecule has 1 saturated heterocycles. The number of hydrogen-bond donors (Lipinski definition) is 1. The second kappa shape index (κ2) is 2.71. The van der Waals surface area contributed by atoms with Gasteiger partial charge in [-0.15, -0.1) is 0 Å². The maximum atomic E-state index is 10.6. The van der Waals surface area contributed by atoms with E-state index in [0.29, 0.717) is 11.8 Å². The van der Waals surface area contributed by atoms with Gasteiger partial charge < -0.3 is 10.6 Å². The van der Waals surface area contributed by atoms with Crippen molar-refractivity contribution in [2.24, 2.45) is 23.0 Å². The Balaban J connectivity index is 1.75. The van der Waals surface area contributed by atoms with Crippen molar-refractivity contribution in [2.75, 3.05) is 19.6 Å². The number of piperidine rings is 1. The van der Waals surface area contributed by atoms with Gasteiger partial charge in [0.15, 0.2) is 0 Å². The monoisotopic (exact) mass is 182 g/mol. The summed E-state index contributed by atoms with van der Waals surface area (Å²) in [5.41, 5.74) is 5.68. The maximum Gasteiger partial charge on any atom is 0.218 e. The minimum Gasteiger partial charge on any atom is -0.370 e. The van der Waals surface area contributed by atoms with Gasteiger partial charge in [0.2, 0.25) is 5.91 Å². The van der Waals surface area contributed by atoms with Crippen molar-refractivity contribution in [1.82, 2.24) is 4.90 Å². The van der Waals surface area contributed by atoms with Crippen molar-refractivity contribution in [2.45, 2.75) is 20.3 Å². The van der Waals surface area contributed by atoms with Crippen molar-refractivity contribution >= 4 is 5.91 Å². The van der Waals surface area contributed by atoms with Gasteiger partial charge >= 0.3 is 0 Å². The number of nitrogens with two attached hydrogens (primary N) is 1.